The standard InChI is InChI=1S/C22H19Cl2N5O/c1-27(15-29-22(30)20(24)19(23)12-25-29)13-17-14-28(18-10-6-3-7-11-18)26-21(17)16-8-4-2-5-9-16/h2-12,14H,13,15H2,1H3. The van der Waals surface area contributed by atoms with Crippen LogP contribution < -0.4 is 5.56 Å². The highest BCUT2D eigenvalue weighted by Gasteiger charge is 2.15. The Morgan fingerprint density at radius 2 is 1.67 bits per heavy atom. The Bertz CT molecular complexity index is 1210. The molecule has 0 N–H and O–H groups in total. The molecule has 30 heavy (non-hydrogen) atoms. The molecule has 0 fully saturated rings. The molecule has 0 unspecified atom stereocenters. The molecule has 0 bridgehead atoms. The number of para-hydroxylation sites is 1. The molecule has 0 aliphatic carbocycles. The number of benzene rings is 2. The van der Waals surface area contributed by atoms with Gasteiger partial charge in [-0.1, -0.05) is 71.7 Å². The van der Waals surface area contributed by atoms with Crippen molar-refractivity contribution < 1.29 is 0 Å². The van der Waals surface area contributed by atoms with Gasteiger partial charge in [-0.25, -0.2) is 9.36 Å². The van der Waals surface area contributed by atoms with Crippen LogP contribution in [-0.2, 0) is 13.2 Å². The van der Waals surface area contributed by atoms with Crippen molar-refractivity contribution in [1.29, 1.82) is 0 Å². The predicted octanol–water partition coefficient (Wildman–Crippen LogP) is 4.49. The molecule has 0 saturated heterocycles. The van der Waals surface area contributed by atoms with E-state index in [-0.39, 0.29) is 16.7 Å². The number of rotatable bonds is 6. The molecule has 2 heterocycles. The van der Waals surface area contributed by atoms with Gasteiger partial charge in [-0.2, -0.15) is 10.2 Å². The van der Waals surface area contributed by atoms with E-state index in [4.69, 9.17) is 28.3 Å². The average Bonchev–Trinajstić information content (AvgIpc) is 3.19. The van der Waals surface area contributed by atoms with E-state index >= 15 is 0 Å². The SMILES string of the molecule is CN(Cc1cn(-c2ccccc2)nc1-c1ccccc1)Cn1ncc(Cl)c(Cl)c1=O. The van der Waals surface area contributed by atoms with Crippen LogP contribution in [0.4, 0.5) is 0 Å². The van der Waals surface area contributed by atoms with Crippen molar-refractivity contribution in [2.45, 2.75) is 13.2 Å². The van der Waals surface area contributed by atoms with Gasteiger partial charge in [0, 0.05) is 23.9 Å². The number of nitrogens with zero attached hydrogens (tertiary/aromatic N) is 5. The number of hydrogen-bond acceptors (Lipinski definition) is 4. The summed E-state index contributed by atoms with van der Waals surface area (Å²) >= 11 is 11.8. The Labute approximate surface area is 183 Å². The molecule has 4 rings (SSSR count). The minimum atomic E-state index is -0.417. The lowest BCUT2D eigenvalue weighted by molar-refractivity contribution is 0.240. The first-order chi connectivity index (χ1) is 14.5. The van der Waals surface area contributed by atoms with Crippen LogP contribution in [0.2, 0.25) is 10.0 Å². The van der Waals surface area contributed by atoms with E-state index < -0.39 is 5.56 Å². The molecule has 0 aliphatic rings. The Morgan fingerprint density at radius 1 is 1.00 bits per heavy atom. The van der Waals surface area contributed by atoms with Gasteiger partial charge in [-0.05, 0) is 19.2 Å². The molecule has 4 aromatic rings. The maximum atomic E-state index is 12.3. The monoisotopic (exact) mass is 439 g/mol. The van der Waals surface area contributed by atoms with E-state index in [0.29, 0.717) is 6.54 Å². The van der Waals surface area contributed by atoms with Crippen LogP contribution in [0, 0.1) is 0 Å². The second-order valence-corrected chi connectivity index (χ2v) is 7.70. The molecule has 152 valence electrons. The van der Waals surface area contributed by atoms with E-state index in [0.717, 1.165) is 22.5 Å². The Hall–Kier alpha value is -2.93. The summed E-state index contributed by atoms with van der Waals surface area (Å²) in [7, 11) is 1.91. The Morgan fingerprint density at radius 3 is 2.37 bits per heavy atom. The molecule has 2 aromatic heterocycles. The largest absolute Gasteiger partial charge is 0.288 e. The summed E-state index contributed by atoms with van der Waals surface area (Å²) in [5, 5.41) is 9.02. The lowest BCUT2D eigenvalue weighted by Gasteiger charge is -2.17. The third kappa shape index (κ3) is 4.31. The van der Waals surface area contributed by atoms with Gasteiger partial charge in [-0.3, -0.25) is 9.69 Å². The van der Waals surface area contributed by atoms with Crippen molar-refractivity contribution in [1.82, 2.24) is 24.5 Å². The quantitative estimate of drug-likeness (QED) is 0.443. The maximum absolute atomic E-state index is 12.3. The lowest BCUT2D eigenvalue weighted by Crippen LogP contribution is -2.31. The van der Waals surface area contributed by atoms with Crippen LogP contribution in [0.3, 0.4) is 0 Å². The summed E-state index contributed by atoms with van der Waals surface area (Å²) in [6.07, 6.45) is 3.39. The van der Waals surface area contributed by atoms with Gasteiger partial charge in [0.2, 0.25) is 0 Å². The molecule has 0 amide bonds. The Kier molecular flexibility index (Phi) is 5.99. The van der Waals surface area contributed by atoms with Crippen molar-refractivity contribution >= 4 is 23.2 Å². The smallest absolute Gasteiger partial charge is 0.283 e. The highest BCUT2D eigenvalue weighted by Crippen LogP contribution is 2.24. The zero-order valence-corrected chi connectivity index (χ0v) is 17.8. The minimum Gasteiger partial charge on any atom is -0.283 e. The van der Waals surface area contributed by atoms with Crippen molar-refractivity contribution in [3.8, 4) is 16.9 Å². The van der Waals surface area contributed by atoms with Gasteiger partial charge < -0.3 is 0 Å². The fourth-order valence-electron chi connectivity index (χ4n) is 3.19. The molecule has 6 nitrogen and oxygen atoms in total. The molecule has 0 aliphatic heterocycles. The van der Waals surface area contributed by atoms with E-state index in [1.807, 2.05) is 83.5 Å². The molecular weight excluding hydrogens is 421 g/mol. The summed E-state index contributed by atoms with van der Waals surface area (Å²) in [4.78, 5) is 14.3. The van der Waals surface area contributed by atoms with Crippen molar-refractivity contribution in [3.63, 3.8) is 0 Å². The highest BCUT2D eigenvalue weighted by atomic mass is 35.5. The van der Waals surface area contributed by atoms with Crippen LogP contribution in [0.1, 0.15) is 5.56 Å². The second-order valence-electron chi connectivity index (χ2n) is 6.92. The van der Waals surface area contributed by atoms with Crippen LogP contribution in [0.5, 0.6) is 0 Å². The molecular formula is C22H19Cl2N5O. The zero-order chi connectivity index (χ0) is 21.1. The van der Waals surface area contributed by atoms with Gasteiger partial charge in [0.25, 0.3) is 5.56 Å². The first-order valence-corrected chi connectivity index (χ1v) is 10.1. The number of aromatic nitrogens is 4. The molecule has 0 spiro atoms. The average molecular weight is 440 g/mol. The topological polar surface area (TPSA) is 56.0 Å². The van der Waals surface area contributed by atoms with Crippen LogP contribution in [0.25, 0.3) is 16.9 Å². The predicted molar refractivity (Wildman–Crippen MR) is 119 cm³/mol. The van der Waals surface area contributed by atoms with Crippen molar-refractivity contribution in [2.75, 3.05) is 7.05 Å². The number of hydrogen-bond donors (Lipinski definition) is 0. The van der Waals surface area contributed by atoms with E-state index in [1.54, 1.807) is 0 Å². The molecule has 2 aromatic carbocycles. The first-order valence-electron chi connectivity index (χ1n) is 9.32. The van der Waals surface area contributed by atoms with Crippen LogP contribution in [0.15, 0.2) is 77.9 Å². The molecule has 0 radical (unpaired) electrons. The normalized spacial score (nSPS) is 11.2. The summed E-state index contributed by atoms with van der Waals surface area (Å²) in [6, 6.07) is 20.0. The molecule has 0 saturated carbocycles. The number of halogens is 2. The fraction of sp³-hybridized carbons (Fsp3) is 0.136. The second kappa shape index (κ2) is 8.83. The molecule has 8 heteroatoms. The minimum absolute atomic E-state index is 0.0260. The van der Waals surface area contributed by atoms with Gasteiger partial charge >= 0.3 is 0 Å². The summed E-state index contributed by atoms with van der Waals surface area (Å²) in [5.41, 5.74) is 3.51. The van der Waals surface area contributed by atoms with E-state index in [1.165, 1.54) is 10.9 Å². The third-order valence-corrected chi connectivity index (χ3v) is 5.36. The highest BCUT2D eigenvalue weighted by molar-refractivity contribution is 6.41. The van der Waals surface area contributed by atoms with E-state index in [9.17, 15) is 4.79 Å². The summed E-state index contributed by atoms with van der Waals surface area (Å²) in [5.74, 6) is 0. The van der Waals surface area contributed by atoms with Gasteiger partial charge in [0.05, 0.1) is 29.3 Å². The van der Waals surface area contributed by atoms with Gasteiger partial charge in [0.15, 0.2) is 0 Å². The van der Waals surface area contributed by atoms with Crippen LogP contribution in [-0.4, -0.2) is 31.5 Å². The Balaban J connectivity index is 1.65. The lowest BCUT2D eigenvalue weighted by atomic mass is 10.1. The summed E-state index contributed by atoms with van der Waals surface area (Å²) in [6.45, 7) is 0.825. The summed E-state index contributed by atoms with van der Waals surface area (Å²) < 4.78 is 3.16. The van der Waals surface area contributed by atoms with Gasteiger partial charge in [0.1, 0.15) is 5.02 Å². The maximum Gasteiger partial charge on any atom is 0.288 e. The van der Waals surface area contributed by atoms with Gasteiger partial charge in [-0.15, -0.1) is 0 Å². The zero-order valence-electron chi connectivity index (χ0n) is 16.2. The molecule has 0 atom stereocenters. The third-order valence-electron chi connectivity index (χ3n) is 4.62. The van der Waals surface area contributed by atoms with Crippen molar-refractivity contribution in [3.05, 3.63) is 99.0 Å². The van der Waals surface area contributed by atoms with E-state index in [2.05, 4.69) is 5.10 Å². The fourth-order valence-corrected chi connectivity index (χ4v) is 3.46. The van der Waals surface area contributed by atoms with Crippen LogP contribution >= 0.6 is 23.2 Å². The van der Waals surface area contributed by atoms with Crippen molar-refractivity contribution in [2.24, 2.45) is 0 Å². The first kappa shape index (κ1) is 20.3.